The largest absolute Gasteiger partial charge is 0.394 e. The third kappa shape index (κ3) is 2.13. The fourth-order valence-corrected chi connectivity index (χ4v) is 1.80. The van der Waals surface area contributed by atoms with Gasteiger partial charge in [-0.3, -0.25) is 0 Å². The highest BCUT2D eigenvalue weighted by molar-refractivity contribution is 5.67. The van der Waals surface area contributed by atoms with Gasteiger partial charge in [0.2, 0.25) is 0 Å². The molecule has 1 atom stereocenters. The van der Waals surface area contributed by atoms with Crippen LogP contribution in [0.5, 0.6) is 0 Å². The summed E-state index contributed by atoms with van der Waals surface area (Å²) in [5.74, 6) is 0. The van der Waals surface area contributed by atoms with Crippen LogP contribution in [0.15, 0.2) is 54.6 Å². The molecule has 82 valence electrons. The Morgan fingerprint density at radius 2 is 1.56 bits per heavy atom. The highest BCUT2D eigenvalue weighted by Crippen LogP contribution is 2.26. The zero-order valence-electron chi connectivity index (χ0n) is 9.01. The van der Waals surface area contributed by atoms with Gasteiger partial charge in [0.25, 0.3) is 0 Å². The standard InChI is InChI=1S/C14H15NO/c15-14(10-16)13-9-5-4-8-12(13)11-6-2-1-3-7-11/h1-9,14,16H,10,15H2/t14-/m1/s1. The number of aliphatic hydroxyl groups is 1. The first kappa shape index (κ1) is 10.9. The van der Waals surface area contributed by atoms with Crippen molar-refractivity contribution in [3.63, 3.8) is 0 Å². The number of rotatable bonds is 3. The van der Waals surface area contributed by atoms with Crippen LogP contribution in [0.1, 0.15) is 11.6 Å². The Morgan fingerprint density at radius 3 is 2.25 bits per heavy atom. The molecule has 0 amide bonds. The summed E-state index contributed by atoms with van der Waals surface area (Å²) in [6.07, 6.45) is 0. The Bertz CT molecular complexity index is 453. The number of nitrogens with two attached hydrogens (primary N) is 1. The minimum Gasteiger partial charge on any atom is -0.394 e. The molecule has 0 spiro atoms. The molecule has 2 rings (SSSR count). The maximum absolute atomic E-state index is 9.13. The molecule has 0 saturated carbocycles. The number of hydrogen-bond donors (Lipinski definition) is 2. The molecular formula is C14H15NO. The molecular weight excluding hydrogens is 198 g/mol. The van der Waals surface area contributed by atoms with Crippen LogP contribution in [0.2, 0.25) is 0 Å². The van der Waals surface area contributed by atoms with E-state index in [0.717, 1.165) is 16.7 Å². The maximum atomic E-state index is 9.13. The van der Waals surface area contributed by atoms with E-state index >= 15 is 0 Å². The number of aliphatic hydroxyl groups excluding tert-OH is 1. The Kier molecular flexibility index (Phi) is 3.34. The van der Waals surface area contributed by atoms with Crippen molar-refractivity contribution in [1.29, 1.82) is 0 Å². The lowest BCUT2D eigenvalue weighted by Crippen LogP contribution is -2.15. The summed E-state index contributed by atoms with van der Waals surface area (Å²) in [5, 5.41) is 9.13. The summed E-state index contributed by atoms with van der Waals surface area (Å²) in [7, 11) is 0. The van der Waals surface area contributed by atoms with Crippen LogP contribution in [0.25, 0.3) is 11.1 Å². The zero-order chi connectivity index (χ0) is 11.4. The molecule has 0 aliphatic carbocycles. The Labute approximate surface area is 95.4 Å². The van der Waals surface area contributed by atoms with E-state index in [4.69, 9.17) is 10.8 Å². The van der Waals surface area contributed by atoms with Crippen molar-refractivity contribution in [2.24, 2.45) is 5.73 Å². The Morgan fingerprint density at radius 1 is 0.938 bits per heavy atom. The van der Waals surface area contributed by atoms with Gasteiger partial charge in [-0.1, -0.05) is 54.6 Å². The highest BCUT2D eigenvalue weighted by Gasteiger charge is 2.10. The van der Waals surface area contributed by atoms with Gasteiger partial charge in [0.15, 0.2) is 0 Å². The summed E-state index contributed by atoms with van der Waals surface area (Å²) < 4.78 is 0. The molecule has 3 N–H and O–H groups in total. The Balaban J connectivity index is 2.49. The maximum Gasteiger partial charge on any atom is 0.0624 e. The van der Waals surface area contributed by atoms with E-state index in [1.165, 1.54) is 0 Å². The predicted octanol–water partition coefficient (Wildman–Crippen LogP) is 2.35. The first-order chi connectivity index (χ1) is 7.83. The zero-order valence-corrected chi connectivity index (χ0v) is 9.01. The van der Waals surface area contributed by atoms with Gasteiger partial charge in [0, 0.05) is 0 Å². The molecule has 0 aromatic heterocycles. The lowest BCUT2D eigenvalue weighted by molar-refractivity contribution is 0.268. The van der Waals surface area contributed by atoms with Crippen molar-refractivity contribution < 1.29 is 5.11 Å². The van der Waals surface area contributed by atoms with Crippen LogP contribution in [-0.2, 0) is 0 Å². The fraction of sp³-hybridized carbons (Fsp3) is 0.143. The summed E-state index contributed by atoms with van der Waals surface area (Å²) in [6, 6.07) is 17.7. The normalized spacial score (nSPS) is 12.4. The molecule has 0 radical (unpaired) electrons. The van der Waals surface area contributed by atoms with Gasteiger partial charge in [0.05, 0.1) is 12.6 Å². The summed E-state index contributed by atoms with van der Waals surface area (Å²) >= 11 is 0. The molecule has 0 fully saturated rings. The monoisotopic (exact) mass is 213 g/mol. The van der Waals surface area contributed by atoms with Crippen molar-refractivity contribution >= 4 is 0 Å². The first-order valence-corrected chi connectivity index (χ1v) is 5.33. The predicted molar refractivity (Wildman–Crippen MR) is 65.9 cm³/mol. The Hall–Kier alpha value is -1.64. The summed E-state index contributed by atoms with van der Waals surface area (Å²) in [6.45, 7) is -0.0379. The molecule has 16 heavy (non-hydrogen) atoms. The van der Waals surface area contributed by atoms with Crippen molar-refractivity contribution in [2.75, 3.05) is 6.61 Å². The second-order valence-corrected chi connectivity index (χ2v) is 3.74. The third-order valence-corrected chi connectivity index (χ3v) is 2.64. The van der Waals surface area contributed by atoms with Gasteiger partial charge in [-0.2, -0.15) is 0 Å². The molecule has 0 bridgehead atoms. The van der Waals surface area contributed by atoms with Crippen LogP contribution in [-0.4, -0.2) is 11.7 Å². The van der Waals surface area contributed by atoms with Crippen molar-refractivity contribution in [1.82, 2.24) is 0 Å². The van der Waals surface area contributed by atoms with E-state index in [9.17, 15) is 0 Å². The minimum absolute atomic E-state index is 0.0379. The summed E-state index contributed by atoms with van der Waals surface area (Å²) in [5.41, 5.74) is 9.08. The SMILES string of the molecule is N[C@H](CO)c1ccccc1-c1ccccc1. The van der Waals surface area contributed by atoms with Gasteiger partial charge >= 0.3 is 0 Å². The average molecular weight is 213 g/mol. The van der Waals surface area contributed by atoms with E-state index in [0.29, 0.717) is 0 Å². The van der Waals surface area contributed by atoms with E-state index in [2.05, 4.69) is 0 Å². The lowest BCUT2D eigenvalue weighted by atomic mass is 9.96. The van der Waals surface area contributed by atoms with Crippen molar-refractivity contribution in [3.05, 3.63) is 60.2 Å². The smallest absolute Gasteiger partial charge is 0.0624 e. The van der Waals surface area contributed by atoms with Crippen LogP contribution in [0.4, 0.5) is 0 Å². The van der Waals surface area contributed by atoms with Gasteiger partial charge in [-0.25, -0.2) is 0 Å². The number of hydrogen-bond acceptors (Lipinski definition) is 2. The molecule has 2 aromatic carbocycles. The van der Waals surface area contributed by atoms with Crippen molar-refractivity contribution in [3.8, 4) is 11.1 Å². The molecule has 0 aliphatic rings. The lowest BCUT2D eigenvalue weighted by Gasteiger charge is -2.14. The topological polar surface area (TPSA) is 46.2 Å². The molecule has 2 aromatic rings. The van der Waals surface area contributed by atoms with Crippen LogP contribution >= 0.6 is 0 Å². The molecule has 0 saturated heterocycles. The van der Waals surface area contributed by atoms with Gasteiger partial charge in [-0.15, -0.1) is 0 Å². The molecule has 0 heterocycles. The average Bonchev–Trinajstić information content (AvgIpc) is 2.39. The van der Waals surface area contributed by atoms with E-state index in [1.807, 2.05) is 54.6 Å². The quantitative estimate of drug-likeness (QED) is 0.822. The van der Waals surface area contributed by atoms with Crippen LogP contribution in [0, 0.1) is 0 Å². The van der Waals surface area contributed by atoms with Gasteiger partial charge < -0.3 is 10.8 Å². The summed E-state index contributed by atoms with van der Waals surface area (Å²) in [4.78, 5) is 0. The first-order valence-electron chi connectivity index (χ1n) is 5.33. The van der Waals surface area contributed by atoms with Crippen LogP contribution in [0.3, 0.4) is 0 Å². The second-order valence-electron chi connectivity index (χ2n) is 3.74. The van der Waals surface area contributed by atoms with Gasteiger partial charge in [-0.05, 0) is 16.7 Å². The van der Waals surface area contributed by atoms with E-state index < -0.39 is 0 Å². The van der Waals surface area contributed by atoms with E-state index in [1.54, 1.807) is 0 Å². The van der Waals surface area contributed by atoms with Gasteiger partial charge in [0.1, 0.15) is 0 Å². The molecule has 0 aliphatic heterocycles. The number of benzene rings is 2. The second kappa shape index (κ2) is 4.92. The minimum atomic E-state index is -0.323. The fourth-order valence-electron chi connectivity index (χ4n) is 1.80. The molecule has 2 nitrogen and oxygen atoms in total. The molecule has 0 unspecified atom stereocenters. The third-order valence-electron chi connectivity index (χ3n) is 2.64. The molecule has 2 heteroatoms. The highest BCUT2D eigenvalue weighted by atomic mass is 16.3. The van der Waals surface area contributed by atoms with Crippen LogP contribution < -0.4 is 5.73 Å². The van der Waals surface area contributed by atoms with Crippen molar-refractivity contribution in [2.45, 2.75) is 6.04 Å². The van der Waals surface area contributed by atoms with E-state index in [-0.39, 0.29) is 12.6 Å².